The highest BCUT2D eigenvalue weighted by atomic mass is 32.2. The molecular formula is C16H18N2OS2. The van der Waals surface area contributed by atoms with E-state index in [9.17, 15) is 4.79 Å². The maximum absolute atomic E-state index is 12.5. The summed E-state index contributed by atoms with van der Waals surface area (Å²) in [6.07, 6.45) is 2.88. The standard InChI is InChI=1S/C16H18N2OS2/c1-11-9-15(19)18-7-8-20-16(18,21-11)13-10-17(2)14-6-4-3-5-12(13)14/h3-6,10-11H,7-9H2,1-2H3/t11-,16+/m0/s1. The summed E-state index contributed by atoms with van der Waals surface area (Å²) in [5.74, 6) is 1.33. The van der Waals surface area contributed by atoms with Crippen LogP contribution < -0.4 is 0 Å². The molecule has 0 saturated carbocycles. The van der Waals surface area contributed by atoms with Crippen molar-refractivity contribution in [3.63, 3.8) is 0 Å². The lowest BCUT2D eigenvalue weighted by molar-refractivity contribution is -0.132. The topological polar surface area (TPSA) is 25.2 Å². The second kappa shape index (κ2) is 4.71. The molecule has 3 heterocycles. The van der Waals surface area contributed by atoms with Gasteiger partial charge in [0, 0.05) is 53.7 Å². The predicted octanol–water partition coefficient (Wildman–Crippen LogP) is 3.39. The van der Waals surface area contributed by atoms with Crippen LogP contribution in [0.1, 0.15) is 18.9 Å². The molecule has 2 atom stereocenters. The second-order valence-electron chi connectivity index (χ2n) is 5.78. The van der Waals surface area contributed by atoms with Crippen LogP contribution in [0.15, 0.2) is 30.5 Å². The van der Waals surface area contributed by atoms with Gasteiger partial charge in [-0.25, -0.2) is 0 Å². The van der Waals surface area contributed by atoms with Crippen molar-refractivity contribution in [1.82, 2.24) is 9.47 Å². The lowest BCUT2D eigenvalue weighted by Crippen LogP contribution is -2.46. The monoisotopic (exact) mass is 318 g/mol. The van der Waals surface area contributed by atoms with Crippen LogP contribution >= 0.6 is 23.5 Å². The minimum Gasteiger partial charge on any atom is -0.350 e. The Labute approximate surface area is 133 Å². The zero-order valence-electron chi connectivity index (χ0n) is 12.2. The molecule has 1 aromatic heterocycles. The molecule has 110 valence electrons. The van der Waals surface area contributed by atoms with Gasteiger partial charge in [0.15, 0.2) is 4.20 Å². The third-order valence-corrected chi connectivity index (χ3v) is 7.52. The van der Waals surface area contributed by atoms with Gasteiger partial charge >= 0.3 is 0 Å². The molecule has 0 N–H and O–H groups in total. The largest absolute Gasteiger partial charge is 0.350 e. The molecule has 3 nitrogen and oxygen atoms in total. The number of aromatic nitrogens is 1. The Hall–Kier alpha value is -1.07. The van der Waals surface area contributed by atoms with Crippen LogP contribution in [0.4, 0.5) is 0 Å². The molecule has 21 heavy (non-hydrogen) atoms. The van der Waals surface area contributed by atoms with Crippen LogP contribution in [0.2, 0.25) is 0 Å². The number of nitrogens with zero attached hydrogens (tertiary/aromatic N) is 2. The zero-order valence-corrected chi connectivity index (χ0v) is 13.8. The number of carbonyl (C=O) groups is 1. The minimum absolute atomic E-state index is 0.227. The molecule has 1 amide bonds. The number of hydrogen-bond acceptors (Lipinski definition) is 3. The van der Waals surface area contributed by atoms with Crippen LogP contribution in [-0.4, -0.2) is 32.9 Å². The third kappa shape index (κ3) is 1.87. The van der Waals surface area contributed by atoms with Gasteiger partial charge < -0.3 is 9.47 Å². The molecule has 2 aliphatic rings. The van der Waals surface area contributed by atoms with Gasteiger partial charge in [0.2, 0.25) is 5.91 Å². The molecule has 1 aromatic carbocycles. The lowest BCUT2D eigenvalue weighted by atomic mass is 10.1. The zero-order chi connectivity index (χ0) is 14.6. The van der Waals surface area contributed by atoms with Crippen molar-refractivity contribution in [2.75, 3.05) is 12.3 Å². The number of hydrogen-bond donors (Lipinski definition) is 0. The van der Waals surface area contributed by atoms with Crippen molar-refractivity contribution >= 4 is 40.3 Å². The van der Waals surface area contributed by atoms with Gasteiger partial charge in [-0.05, 0) is 6.07 Å². The summed E-state index contributed by atoms with van der Waals surface area (Å²) in [5, 5.41) is 1.65. The number of aryl methyl sites for hydroxylation is 1. The molecule has 5 heteroatoms. The number of para-hydroxylation sites is 1. The van der Waals surface area contributed by atoms with Crippen LogP contribution in [0.25, 0.3) is 10.9 Å². The van der Waals surface area contributed by atoms with Gasteiger partial charge in [-0.15, -0.1) is 23.5 Å². The summed E-state index contributed by atoms with van der Waals surface area (Å²) in [4.78, 5) is 14.6. The molecule has 2 aliphatic heterocycles. The van der Waals surface area contributed by atoms with Gasteiger partial charge in [-0.1, -0.05) is 25.1 Å². The van der Waals surface area contributed by atoms with E-state index in [-0.39, 0.29) is 4.20 Å². The first-order valence-corrected chi connectivity index (χ1v) is 9.15. The Morgan fingerprint density at radius 1 is 1.33 bits per heavy atom. The van der Waals surface area contributed by atoms with E-state index >= 15 is 0 Å². The molecule has 2 fully saturated rings. The first-order valence-electron chi connectivity index (χ1n) is 7.28. The number of carbonyl (C=O) groups excluding carboxylic acids is 1. The van der Waals surface area contributed by atoms with Crippen LogP contribution in [0.3, 0.4) is 0 Å². The second-order valence-corrected chi connectivity index (χ2v) is 8.96. The highest BCUT2D eigenvalue weighted by Gasteiger charge is 2.51. The molecule has 0 spiro atoms. The fourth-order valence-electron chi connectivity index (χ4n) is 3.44. The Kier molecular flexibility index (Phi) is 3.05. The highest BCUT2D eigenvalue weighted by molar-refractivity contribution is 8.18. The van der Waals surface area contributed by atoms with Crippen molar-refractivity contribution in [2.24, 2.45) is 7.05 Å². The molecule has 4 rings (SSSR count). The van der Waals surface area contributed by atoms with E-state index in [0.29, 0.717) is 17.6 Å². The normalized spacial score (nSPS) is 29.1. The summed E-state index contributed by atoms with van der Waals surface area (Å²) < 4.78 is 1.95. The minimum atomic E-state index is -0.227. The fourth-order valence-corrected chi connectivity index (χ4v) is 7.05. The summed E-state index contributed by atoms with van der Waals surface area (Å²) >= 11 is 3.86. The Balaban J connectivity index is 1.95. The number of thioether (sulfide) groups is 2. The van der Waals surface area contributed by atoms with Crippen molar-refractivity contribution in [2.45, 2.75) is 22.8 Å². The van der Waals surface area contributed by atoms with Gasteiger partial charge in [0.05, 0.1) is 0 Å². The fraction of sp³-hybridized carbons (Fsp3) is 0.438. The number of benzene rings is 1. The van der Waals surface area contributed by atoms with Crippen LogP contribution in [-0.2, 0) is 16.0 Å². The molecule has 2 aromatic rings. The number of fused-ring (bicyclic) bond motifs is 2. The maximum Gasteiger partial charge on any atom is 0.225 e. The Morgan fingerprint density at radius 3 is 3.00 bits per heavy atom. The summed E-state index contributed by atoms with van der Waals surface area (Å²) in [6.45, 7) is 3.04. The van der Waals surface area contributed by atoms with Gasteiger partial charge in [0.25, 0.3) is 0 Å². The van der Waals surface area contributed by atoms with E-state index in [1.165, 1.54) is 16.5 Å². The van der Waals surface area contributed by atoms with Crippen LogP contribution in [0.5, 0.6) is 0 Å². The quantitative estimate of drug-likeness (QED) is 0.806. The van der Waals surface area contributed by atoms with Gasteiger partial charge in [-0.2, -0.15) is 0 Å². The summed E-state index contributed by atoms with van der Waals surface area (Å²) in [7, 11) is 2.09. The van der Waals surface area contributed by atoms with E-state index in [1.54, 1.807) is 0 Å². The highest BCUT2D eigenvalue weighted by Crippen LogP contribution is 2.58. The van der Waals surface area contributed by atoms with Gasteiger partial charge in [0.1, 0.15) is 0 Å². The Morgan fingerprint density at radius 2 is 2.14 bits per heavy atom. The van der Waals surface area contributed by atoms with Crippen molar-refractivity contribution in [3.05, 3.63) is 36.0 Å². The van der Waals surface area contributed by atoms with Gasteiger partial charge in [-0.3, -0.25) is 4.79 Å². The van der Waals surface area contributed by atoms with Crippen molar-refractivity contribution in [3.8, 4) is 0 Å². The van der Waals surface area contributed by atoms with E-state index < -0.39 is 0 Å². The smallest absolute Gasteiger partial charge is 0.225 e. The third-order valence-electron chi connectivity index (χ3n) is 4.33. The van der Waals surface area contributed by atoms with E-state index in [1.807, 2.05) is 23.5 Å². The average Bonchev–Trinajstić information content (AvgIpc) is 3.02. The SMILES string of the molecule is C[C@H]1CC(=O)N2CCS[C@]2(c2cn(C)c3ccccc23)S1. The molecule has 0 aliphatic carbocycles. The van der Waals surface area contributed by atoms with E-state index in [2.05, 4.69) is 53.9 Å². The van der Waals surface area contributed by atoms with E-state index in [0.717, 1.165) is 12.3 Å². The number of rotatable bonds is 1. The average molecular weight is 318 g/mol. The van der Waals surface area contributed by atoms with Crippen molar-refractivity contribution < 1.29 is 4.79 Å². The van der Waals surface area contributed by atoms with Crippen molar-refractivity contribution in [1.29, 1.82) is 0 Å². The molecular weight excluding hydrogens is 300 g/mol. The lowest BCUT2D eigenvalue weighted by Gasteiger charge is -2.43. The predicted molar refractivity (Wildman–Crippen MR) is 90.4 cm³/mol. The molecule has 2 saturated heterocycles. The number of amides is 1. The first kappa shape index (κ1) is 13.6. The summed E-state index contributed by atoms with van der Waals surface area (Å²) in [6, 6.07) is 8.50. The molecule has 0 radical (unpaired) electrons. The van der Waals surface area contributed by atoms with Crippen LogP contribution in [0, 0.1) is 0 Å². The molecule has 0 bridgehead atoms. The molecule has 0 unspecified atom stereocenters. The first-order chi connectivity index (χ1) is 10.1. The van der Waals surface area contributed by atoms with E-state index in [4.69, 9.17) is 0 Å². The summed E-state index contributed by atoms with van der Waals surface area (Å²) in [5.41, 5.74) is 2.52. The maximum atomic E-state index is 12.5. The Bertz CT molecular complexity index is 726.